The molecular weight excluding hydrogens is 275 g/mol. The Labute approximate surface area is 130 Å². The Balaban J connectivity index is 2.62. The van der Waals surface area contributed by atoms with Crippen LogP contribution < -0.4 is 10.2 Å². The van der Waals surface area contributed by atoms with Crippen molar-refractivity contribution >= 4 is 13.5 Å². The molecule has 0 spiro atoms. The highest BCUT2D eigenvalue weighted by molar-refractivity contribution is 7.69. The number of hydrogen-bond acceptors (Lipinski definition) is 2. The fourth-order valence-electron chi connectivity index (χ4n) is 2.08. The third kappa shape index (κ3) is 8.06. The van der Waals surface area contributed by atoms with Gasteiger partial charge in [0, 0.05) is 26.4 Å². The highest BCUT2D eigenvalue weighted by atomic mass is 31.2. The Bertz CT molecular complexity index is 487. The highest BCUT2D eigenvalue weighted by Gasteiger charge is 2.12. The van der Waals surface area contributed by atoms with Gasteiger partial charge in [-0.15, -0.1) is 6.58 Å². The van der Waals surface area contributed by atoms with E-state index in [0.29, 0.717) is 0 Å². The molecule has 0 bridgehead atoms. The van der Waals surface area contributed by atoms with E-state index in [1.54, 1.807) is 0 Å². The van der Waals surface area contributed by atoms with E-state index in [9.17, 15) is 0 Å². The first-order valence-corrected chi connectivity index (χ1v) is 9.72. The maximum absolute atomic E-state index is 4.49. The number of rotatable bonds is 10. The molecule has 0 saturated carbocycles. The summed E-state index contributed by atoms with van der Waals surface area (Å²) in [4.78, 5) is 0. The third-order valence-electron chi connectivity index (χ3n) is 3.17. The fourth-order valence-corrected chi connectivity index (χ4v) is 4.37. The highest BCUT2D eigenvalue weighted by Crippen LogP contribution is 2.39. The van der Waals surface area contributed by atoms with Crippen molar-refractivity contribution in [1.82, 2.24) is 10.2 Å². The predicted octanol–water partition coefficient (Wildman–Crippen LogP) is 4.58. The second-order valence-corrected chi connectivity index (χ2v) is 8.46. The molecule has 0 aliphatic rings. The van der Waals surface area contributed by atoms with Gasteiger partial charge < -0.3 is 0 Å². The van der Waals surface area contributed by atoms with Crippen LogP contribution in [0.5, 0.6) is 0 Å². The van der Waals surface area contributed by atoms with E-state index < -0.39 is 7.19 Å². The van der Waals surface area contributed by atoms with E-state index in [0.717, 1.165) is 32.1 Å². The summed E-state index contributed by atoms with van der Waals surface area (Å²) in [6.45, 7) is 9.96. The van der Waals surface area contributed by atoms with Gasteiger partial charge in [0.05, 0.1) is 0 Å². The molecule has 0 aliphatic carbocycles. The second kappa shape index (κ2) is 9.78. The summed E-state index contributed by atoms with van der Waals surface area (Å²) in [5.41, 5.74) is 2.70. The summed E-state index contributed by atoms with van der Waals surface area (Å²) < 4.78 is 0. The van der Waals surface area contributed by atoms with Gasteiger partial charge in [-0.1, -0.05) is 54.4 Å². The normalized spacial score (nSPS) is 13.4. The van der Waals surface area contributed by atoms with E-state index >= 15 is 0 Å². The van der Waals surface area contributed by atoms with E-state index in [-0.39, 0.29) is 0 Å². The molecule has 21 heavy (non-hydrogen) atoms. The molecule has 0 amide bonds. The van der Waals surface area contributed by atoms with Gasteiger partial charge in [-0.3, -0.25) is 10.2 Å². The molecule has 116 valence electrons. The molecule has 0 saturated heterocycles. The maximum Gasteiger partial charge on any atom is 0.0167 e. The SMILES string of the molecule is C=CCCNP(=C)(Cc1ccccc1)NCCC=C(C)C. The maximum atomic E-state index is 4.49. The van der Waals surface area contributed by atoms with Crippen LogP contribution in [-0.2, 0) is 6.16 Å². The molecule has 0 fully saturated rings. The zero-order valence-electron chi connectivity index (χ0n) is 13.4. The van der Waals surface area contributed by atoms with Crippen molar-refractivity contribution in [2.75, 3.05) is 13.1 Å². The first kappa shape index (κ1) is 18.0. The van der Waals surface area contributed by atoms with Crippen LogP contribution in [0.1, 0.15) is 32.3 Å². The number of hydrogen-bond donors (Lipinski definition) is 2. The van der Waals surface area contributed by atoms with Gasteiger partial charge in [-0.05, 0) is 32.3 Å². The molecule has 1 rings (SSSR count). The Morgan fingerprint density at radius 2 is 1.71 bits per heavy atom. The fraction of sp³-hybridized carbons (Fsp3) is 0.389. The van der Waals surface area contributed by atoms with E-state index in [4.69, 9.17) is 0 Å². The predicted molar refractivity (Wildman–Crippen MR) is 99.1 cm³/mol. The van der Waals surface area contributed by atoms with Gasteiger partial charge in [0.1, 0.15) is 0 Å². The standard InChI is InChI=1S/C18H29N2P/c1-5-6-14-19-21(4,20-15-10-11-17(2)3)16-18-12-8-7-9-13-18/h5,7-9,11-13,19-20H,1,4,6,10,14-16H2,2-3H3. The summed E-state index contributed by atoms with van der Waals surface area (Å²) in [6, 6.07) is 10.6. The van der Waals surface area contributed by atoms with Crippen LogP contribution in [0.3, 0.4) is 0 Å². The lowest BCUT2D eigenvalue weighted by Gasteiger charge is -2.27. The van der Waals surface area contributed by atoms with E-state index in [1.807, 2.05) is 6.08 Å². The Kier molecular flexibility index (Phi) is 8.37. The van der Waals surface area contributed by atoms with Gasteiger partial charge >= 0.3 is 0 Å². The Hall–Kier alpha value is -1.08. The molecule has 1 aromatic carbocycles. The average Bonchev–Trinajstić information content (AvgIpc) is 2.45. The van der Waals surface area contributed by atoms with Crippen LogP contribution >= 0.6 is 7.19 Å². The minimum Gasteiger partial charge on any atom is -0.286 e. The van der Waals surface area contributed by atoms with E-state index in [1.165, 1.54) is 11.1 Å². The quantitative estimate of drug-likeness (QED) is 0.376. The summed E-state index contributed by atoms with van der Waals surface area (Å²) in [7, 11) is -1.61. The van der Waals surface area contributed by atoms with Crippen LogP contribution in [0.2, 0.25) is 0 Å². The summed E-state index contributed by atoms with van der Waals surface area (Å²) in [6.07, 6.45) is 11.7. The average molecular weight is 304 g/mol. The van der Waals surface area contributed by atoms with Crippen LogP contribution in [0.4, 0.5) is 0 Å². The monoisotopic (exact) mass is 304 g/mol. The number of benzene rings is 1. The Morgan fingerprint density at radius 3 is 2.29 bits per heavy atom. The topological polar surface area (TPSA) is 24.1 Å². The van der Waals surface area contributed by atoms with E-state index in [2.05, 4.69) is 73.3 Å². The lowest BCUT2D eigenvalue weighted by molar-refractivity contribution is 0.856. The van der Waals surface area contributed by atoms with Gasteiger partial charge in [-0.25, -0.2) is 0 Å². The van der Waals surface area contributed by atoms with Crippen molar-refractivity contribution in [2.24, 2.45) is 0 Å². The zero-order valence-corrected chi connectivity index (χ0v) is 14.3. The molecule has 0 radical (unpaired) electrons. The molecule has 2 N–H and O–H groups in total. The van der Waals surface area contributed by atoms with Crippen molar-refractivity contribution in [1.29, 1.82) is 0 Å². The number of nitrogens with one attached hydrogen (secondary N) is 2. The van der Waals surface area contributed by atoms with Gasteiger partial charge in [-0.2, -0.15) is 0 Å². The summed E-state index contributed by atoms with van der Waals surface area (Å²) in [5.74, 6) is 0. The lowest BCUT2D eigenvalue weighted by atomic mass is 10.2. The van der Waals surface area contributed by atoms with Crippen molar-refractivity contribution in [3.05, 3.63) is 60.2 Å². The minimum atomic E-state index is -1.61. The minimum absolute atomic E-state index is 0.934. The lowest BCUT2D eigenvalue weighted by Crippen LogP contribution is -2.25. The molecule has 1 unspecified atom stereocenters. The van der Waals surface area contributed by atoms with Crippen molar-refractivity contribution in [2.45, 2.75) is 32.9 Å². The van der Waals surface area contributed by atoms with Crippen molar-refractivity contribution in [3.8, 4) is 0 Å². The first-order chi connectivity index (χ1) is 10.1. The van der Waals surface area contributed by atoms with Crippen LogP contribution in [-0.4, -0.2) is 19.4 Å². The second-order valence-electron chi connectivity index (χ2n) is 5.58. The summed E-state index contributed by atoms with van der Waals surface area (Å²) >= 11 is 0. The largest absolute Gasteiger partial charge is 0.286 e. The van der Waals surface area contributed by atoms with Crippen LogP contribution in [0.25, 0.3) is 0 Å². The third-order valence-corrected chi connectivity index (χ3v) is 5.73. The molecule has 3 heteroatoms. The van der Waals surface area contributed by atoms with Crippen LogP contribution in [0.15, 0.2) is 54.6 Å². The van der Waals surface area contributed by atoms with Crippen molar-refractivity contribution in [3.63, 3.8) is 0 Å². The van der Waals surface area contributed by atoms with Gasteiger partial charge in [0.25, 0.3) is 0 Å². The molecule has 0 aromatic heterocycles. The Morgan fingerprint density at radius 1 is 1.10 bits per heavy atom. The van der Waals surface area contributed by atoms with Crippen LogP contribution in [0, 0.1) is 0 Å². The molecule has 0 heterocycles. The molecular formula is C18H29N2P. The first-order valence-electron chi connectivity index (χ1n) is 7.56. The number of allylic oxidation sites excluding steroid dienone is 1. The molecule has 2 nitrogen and oxygen atoms in total. The summed E-state index contributed by atoms with van der Waals surface area (Å²) in [5, 5.41) is 7.30. The molecule has 0 aliphatic heterocycles. The van der Waals surface area contributed by atoms with Crippen molar-refractivity contribution < 1.29 is 0 Å². The zero-order chi connectivity index (χ0) is 15.6. The molecule has 1 atom stereocenters. The smallest absolute Gasteiger partial charge is 0.0167 e. The van der Waals surface area contributed by atoms with Gasteiger partial charge in [0.2, 0.25) is 0 Å². The van der Waals surface area contributed by atoms with Gasteiger partial charge in [0.15, 0.2) is 0 Å². The molecule has 1 aromatic rings.